The first-order chi connectivity index (χ1) is 8.31. The summed E-state index contributed by atoms with van der Waals surface area (Å²) < 4.78 is 5.43. The van der Waals surface area contributed by atoms with Crippen molar-refractivity contribution in [1.82, 2.24) is 10.2 Å². The van der Waals surface area contributed by atoms with Gasteiger partial charge in [0.25, 0.3) is 0 Å². The van der Waals surface area contributed by atoms with Gasteiger partial charge >= 0.3 is 0 Å². The number of rotatable bonds is 5. The maximum Gasteiger partial charge on any atom is 0.0480 e. The highest BCUT2D eigenvalue weighted by molar-refractivity contribution is 4.83. The zero-order valence-electron chi connectivity index (χ0n) is 11.5. The number of hydrogen-bond donors (Lipinski definition) is 1. The monoisotopic (exact) mass is 240 g/mol. The van der Waals surface area contributed by atoms with Crippen molar-refractivity contribution in [3.63, 3.8) is 0 Å². The molecule has 2 rings (SSSR count). The van der Waals surface area contributed by atoms with Gasteiger partial charge in [0.15, 0.2) is 0 Å². The van der Waals surface area contributed by atoms with Gasteiger partial charge in [-0.3, -0.25) is 0 Å². The highest BCUT2D eigenvalue weighted by Crippen LogP contribution is 2.28. The normalized spacial score (nSPS) is 31.2. The van der Waals surface area contributed by atoms with E-state index >= 15 is 0 Å². The first-order valence-electron chi connectivity index (χ1n) is 7.26. The summed E-state index contributed by atoms with van der Waals surface area (Å²) in [6, 6.07) is 1.54. The molecule has 1 N–H and O–H groups in total. The zero-order valence-corrected chi connectivity index (χ0v) is 11.5. The standard InChI is InChI=1S/C14H28N2O/c1-15-14-5-3-4-12(14)6-9-16(2)13-7-10-17-11-8-13/h12-15H,3-11H2,1-2H3. The Morgan fingerprint density at radius 3 is 2.65 bits per heavy atom. The van der Waals surface area contributed by atoms with E-state index in [9.17, 15) is 0 Å². The lowest BCUT2D eigenvalue weighted by Crippen LogP contribution is -2.39. The molecule has 0 bridgehead atoms. The van der Waals surface area contributed by atoms with Gasteiger partial charge in [-0.1, -0.05) is 6.42 Å². The predicted molar refractivity (Wildman–Crippen MR) is 71.3 cm³/mol. The molecule has 1 saturated heterocycles. The van der Waals surface area contributed by atoms with Crippen LogP contribution in [-0.2, 0) is 4.74 Å². The second-order valence-corrected chi connectivity index (χ2v) is 5.70. The SMILES string of the molecule is CNC1CCCC1CCN(C)C1CCOCC1. The molecule has 2 atom stereocenters. The molecule has 0 aromatic carbocycles. The first kappa shape index (κ1) is 13.3. The lowest BCUT2D eigenvalue weighted by atomic mass is 9.98. The minimum Gasteiger partial charge on any atom is -0.381 e. The van der Waals surface area contributed by atoms with Crippen LogP contribution in [0.1, 0.15) is 38.5 Å². The van der Waals surface area contributed by atoms with Crippen molar-refractivity contribution in [3.05, 3.63) is 0 Å². The van der Waals surface area contributed by atoms with Gasteiger partial charge in [0.05, 0.1) is 0 Å². The van der Waals surface area contributed by atoms with Gasteiger partial charge in [-0.15, -0.1) is 0 Å². The summed E-state index contributed by atoms with van der Waals surface area (Å²) >= 11 is 0. The highest BCUT2D eigenvalue weighted by Gasteiger charge is 2.26. The van der Waals surface area contributed by atoms with E-state index in [1.165, 1.54) is 45.1 Å². The lowest BCUT2D eigenvalue weighted by Gasteiger charge is -2.32. The van der Waals surface area contributed by atoms with Crippen LogP contribution in [-0.4, -0.2) is 50.8 Å². The van der Waals surface area contributed by atoms with E-state index in [0.717, 1.165) is 31.2 Å². The Hall–Kier alpha value is -0.120. The van der Waals surface area contributed by atoms with E-state index < -0.39 is 0 Å². The Bertz CT molecular complexity index is 216. The average molecular weight is 240 g/mol. The van der Waals surface area contributed by atoms with E-state index in [-0.39, 0.29) is 0 Å². The summed E-state index contributed by atoms with van der Waals surface area (Å²) in [6.07, 6.45) is 8.01. The number of nitrogens with zero attached hydrogens (tertiary/aromatic N) is 1. The minimum atomic E-state index is 0.762. The molecule has 1 saturated carbocycles. The maximum atomic E-state index is 5.43. The summed E-state index contributed by atoms with van der Waals surface area (Å²) in [5.41, 5.74) is 0. The fourth-order valence-electron chi connectivity index (χ4n) is 3.44. The number of nitrogens with one attached hydrogen (secondary N) is 1. The first-order valence-corrected chi connectivity index (χ1v) is 7.26. The molecule has 0 amide bonds. The van der Waals surface area contributed by atoms with Gasteiger partial charge in [-0.2, -0.15) is 0 Å². The van der Waals surface area contributed by atoms with Crippen LogP contribution in [0, 0.1) is 5.92 Å². The van der Waals surface area contributed by atoms with E-state index in [2.05, 4.69) is 24.3 Å². The Balaban J connectivity index is 1.69. The van der Waals surface area contributed by atoms with Gasteiger partial charge in [-0.25, -0.2) is 0 Å². The Morgan fingerprint density at radius 2 is 1.94 bits per heavy atom. The number of hydrogen-bond acceptors (Lipinski definition) is 3. The second-order valence-electron chi connectivity index (χ2n) is 5.70. The molecule has 3 heteroatoms. The minimum absolute atomic E-state index is 0.762. The van der Waals surface area contributed by atoms with Crippen LogP contribution in [0.25, 0.3) is 0 Å². The molecule has 0 aromatic rings. The quantitative estimate of drug-likeness (QED) is 0.794. The molecule has 0 spiro atoms. The van der Waals surface area contributed by atoms with Gasteiger partial charge in [0.1, 0.15) is 0 Å². The fraction of sp³-hybridized carbons (Fsp3) is 1.00. The third-order valence-electron chi connectivity index (χ3n) is 4.70. The van der Waals surface area contributed by atoms with E-state index in [1.54, 1.807) is 0 Å². The van der Waals surface area contributed by atoms with Crippen molar-refractivity contribution in [2.24, 2.45) is 5.92 Å². The molecule has 2 unspecified atom stereocenters. The van der Waals surface area contributed by atoms with Crippen molar-refractivity contribution in [1.29, 1.82) is 0 Å². The summed E-state index contributed by atoms with van der Waals surface area (Å²) in [4.78, 5) is 2.56. The van der Waals surface area contributed by atoms with E-state index in [1.807, 2.05) is 0 Å². The summed E-state index contributed by atoms with van der Waals surface area (Å²) in [7, 11) is 4.41. The van der Waals surface area contributed by atoms with Gasteiger partial charge in [0, 0.05) is 25.3 Å². The van der Waals surface area contributed by atoms with Crippen molar-refractivity contribution in [2.75, 3.05) is 33.9 Å². The smallest absolute Gasteiger partial charge is 0.0480 e. The fourth-order valence-corrected chi connectivity index (χ4v) is 3.44. The van der Waals surface area contributed by atoms with Crippen LogP contribution in [0.15, 0.2) is 0 Å². The van der Waals surface area contributed by atoms with Crippen molar-refractivity contribution >= 4 is 0 Å². The number of ether oxygens (including phenoxy) is 1. The summed E-state index contributed by atoms with van der Waals surface area (Å²) in [5.74, 6) is 0.905. The van der Waals surface area contributed by atoms with Crippen molar-refractivity contribution in [3.8, 4) is 0 Å². The summed E-state index contributed by atoms with van der Waals surface area (Å²) in [5, 5.41) is 3.48. The molecular weight excluding hydrogens is 212 g/mol. The van der Waals surface area contributed by atoms with E-state index in [4.69, 9.17) is 4.74 Å². The molecular formula is C14H28N2O. The van der Waals surface area contributed by atoms with Crippen LogP contribution < -0.4 is 5.32 Å². The van der Waals surface area contributed by atoms with Crippen LogP contribution >= 0.6 is 0 Å². The Kier molecular flexibility index (Phi) is 5.26. The molecule has 2 aliphatic rings. The van der Waals surface area contributed by atoms with E-state index in [0.29, 0.717) is 0 Å². The second kappa shape index (κ2) is 6.72. The van der Waals surface area contributed by atoms with Crippen LogP contribution in [0.2, 0.25) is 0 Å². The van der Waals surface area contributed by atoms with Gasteiger partial charge < -0.3 is 15.0 Å². The van der Waals surface area contributed by atoms with Crippen molar-refractivity contribution in [2.45, 2.75) is 50.6 Å². The average Bonchev–Trinajstić information content (AvgIpc) is 2.84. The molecule has 0 radical (unpaired) electrons. The van der Waals surface area contributed by atoms with Crippen molar-refractivity contribution < 1.29 is 4.74 Å². The van der Waals surface area contributed by atoms with Crippen LogP contribution in [0.3, 0.4) is 0 Å². The molecule has 1 heterocycles. The Labute approximate surface area is 106 Å². The van der Waals surface area contributed by atoms with Crippen LogP contribution in [0.4, 0.5) is 0 Å². The molecule has 1 aliphatic carbocycles. The lowest BCUT2D eigenvalue weighted by molar-refractivity contribution is 0.0412. The maximum absolute atomic E-state index is 5.43. The highest BCUT2D eigenvalue weighted by atomic mass is 16.5. The molecule has 0 aromatic heterocycles. The zero-order chi connectivity index (χ0) is 12.1. The molecule has 2 fully saturated rings. The molecule has 1 aliphatic heterocycles. The van der Waals surface area contributed by atoms with Gasteiger partial charge in [-0.05, 0) is 58.7 Å². The van der Waals surface area contributed by atoms with Crippen LogP contribution in [0.5, 0.6) is 0 Å². The van der Waals surface area contributed by atoms with Gasteiger partial charge in [0.2, 0.25) is 0 Å². The molecule has 17 heavy (non-hydrogen) atoms. The topological polar surface area (TPSA) is 24.5 Å². The third-order valence-corrected chi connectivity index (χ3v) is 4.70. The Morgan fingerprint density at radius 1 is 1.18 bits per heavy atom. The molecule has 100 valence electrons. The largest absolute Gasteiger partial charge is 0.381 e. The summed E-state index contributed by atoms with van der Waals surface area (Å²) in [6.45, 7) is 3.17. The third kappa shape index (κ3) is 3.67. The molecule has 3 nitrogen and oxygen atoms in total. The predicted octanol–water partition coefficient (Wildman–Crippen LogP) is 1.88.